The molecule has 0 atom stereocenters. The zero-order valence-electron chi connectivity index (χ0n) is 13.1. The predicted octanol–water partition coefficient (Wildman–Crippen LogP) is 2.84. The Labute approximate surface area is 124 Å². The highest BCUT2D eigenvalue weighted by Gasteiger charge is 2.13. The molecule has 1 heterocycles. The summed E-state index contributed by atoms with van der Waals surface area (Å²) < 4.78 is 0. The van der Waals surface area contributed by atoms with E-state index in [4.69, 9.17) is 0 Å². The summed E-state index contributed by atoms with van der Waals surface area (Å²) >= 11 is 0. The lowest BCUT2D eigenvalue weighted by atomic mass is 10.1. The fourth-order valence-electron chi connectivity index (χ4n) is 2.43. The van der Waals surface area contributed by atoms with E-state index in [0.717, 1.165) is 16.5 Å². The molecule has 112 valence electrons. The number of nitrogens with one attached hydrogen (secondary N) is 1. The van der Waals surface area contributed by atoms with Crippen LogP contribution in [0.5, 0.6) is 0 Å². The Morgan fingerprint density at radius 2 is 2.00 bits per heavy atom. The van der Waals surface area contributed by atoms with Gasteiger partial charge in [-0.2, -0.15) is 0 Å². The minimum absolute atomic E-state index is 0.00731. The number of aromatic amines is 1. The second kappa shape index (κ2) is 6.12. The molecule has 1 aromatic heterocycles. The van der Waals surface area contributed by atoms with Gasteiger partial charge in [0.15, 0.2) is 0 Å². The second-order valence-electron chi connectivity index (χ2n) is 6.01. The zero-order valence-corrected chi connectivity index (χ0v) is 13.1. The van der Waals surface area contributed by atoms with Crippen molar-refractivity contribution < 1.29 is 4.79 Å². The van der Waals surface area contributed by atoms with Crippen LogP contribution in [-0.2, 0) is 11.3 Å². The van der Waals surface area contributed by atoms with Gasteiger partial charge in [-0.25, -0.2) is 0 Å². The van der Waals surface area contributed by atoms with E-state index >= 15 is 0 Å². The molecule has 0 aliphatic carbocycles. The molecule has 0 bridgehead atoms. The highest BCUT2D eigenvalue weighted by atomic mass is 16.2. The number of pyridine rings is 1. The van der Waals surface area contributed by atoms with E-state index < -0.39 is 0 Å². The van der Waals surface area contributed by atoms with E-state index in [-0.39, 0.29) is 11.5 Å². The molecule has 0 saturated carbocycles. The van der Waals surface area contributed by atoms with Gasteiger partial charge in [-0.15, -0.1) is 0 Å². The van der Waals surface area contributed by atoms with Crippen LogP contribution >= 0.6 is 0 Å². The van der Waals surface area contributed by atoms with Crippen LogP contribution in [-0.4, -0.2) is 22.3 Å². The van der Waals surface area contributed by atoms with Gasteiger partial charge in [0.05, 0.1) is 6.54 Å². The summed E-state index contributed by atoms with van der Waals surface area (Å²) in [6.07, 6.45) is 0. The first-order chi connectivity index (χ1) is 9.86. The van der Waals surface area contributed by atoms with Crippen molar-refractivity contribution in [3.63, 3.8) is 0 Å². The van der Waals surface area contributed by atoms with Crippen LogP contribution in [0, 0.1) is 12.8 Å². The number of aromatic nitrogens is 1. The third-order valence-corrected chi connectivity index (χ3v) is 3.47. The van der Waals surface area contributed by atoms with Crippen LogP contribution in [0.2, 0.25) is 0 Å². The average molecular weight is 286 g/mol. The number of H-pyrrole nitrogens is 1. The van der Waals surface area contributed by atoms with Gasteiger partial charge in [0, 0.05) is 24.5 Å². The normalized spacial score (nSPS) is 11.1. The van der Waals surface area contributed by atoms with Crippen molar-refractivity contribution in [2.24, 2.45) is 5.92 Å². The Bertz CT molecular complexity index is 716. The zero-order chi connectivity index (χ0) is 15.6. The third-order valence-electron chi connectivity index (χ3n) is 3.47. The number of aryl methyl sites for hydroxylation is 1. The molecule has 4 nitrogen and oxygen atoms in total. The maximum absolute atomic E-state index is 12.2. The quantitative estimate of drug-likeness (QED) is 0.939. The number of benzene rings is 1. The van der Waals surface area contributed by atoms with Crippen LogP contribution in [0.25, 0.3) is 10.9 Å². The highest BCUT2D eigenvalue weighted by molar-refractivity contribution is 5.79. The lowest BCUT2D eigenvalue weighted by Gasteiger charge is -2.23. The van der Waals surface area contributed by atoms with Crippen LogP contribution in [0.4, 0.5) is 0 Å². The number of hydrogen-bond donors (Lipinski definition) is 1. The fourth-order valence-corrected chi connectivity index (χ4v) is 2.43. The molecule has 0 radical (unpaired) electrons. The molecule has 0 saturated heterocycles. The molecule has 0 spiro atoms. The smallest absolute Gasteiger partial charge is 0.253 e. The number of amides is 1. The van der Waals surface area contributed by atoms with E-state index in [0.29, 0.717) is 24.6 Å². The van der Waals surface area contributed by atoms with Crippen molar-refractivity contribution >= 4 is 16.8 Å². The lowest BCUT2D eigenvalue weighted by Crippen LogP contribution is -2.33. The van der Waals surface area contributed by atoms with Gasteiger partial charge < -0.3 is 9.88 Å². The molecule has 0 aliphatic rings. The van der Waals surface area contributed by atoms with Crippen molar-refractivity contribution in [2.45, 2.75) is 34.2 Å². The number of fused-ring (bicyclic) bond motifs is 1. The molecule has 0 aliphatic heterocycles. The van der Waals surface area contributed by atoms with E-state index in [1.54, 1.807) is 11.8 Å². The summed E-state index contributed by atoms with van der Waals surface area (Å²) in [5, 5.41) is 0.989. The number of rotatable bonds is 4. The number of hydrogen-bond acceptors (Lipinski definition) is 2. The van der Waals surface area contributed by atoms with Crippen LogP contribution in [0.15, 0.2) is 29.1 Å². The number of carbonyl (C=O) groups excluding carboxylic acids is 1. The van der Waals surface area contributed by atoms with E-state index in [1.165, 1.54) is 0 Å². The maximum Gasteiger partial charge on any atom is 0.253 e. The third kappa shape index (κ3) is 3.72. The Morgan fingerprint density at radius 3 is 2.62 bits per heavy atom. The first-order valence-corrected chi connectivity index (χ1v) is 7.25. The summed E-state index contributed by atoms with van der Waals surface area (Å²) in [4.78, 5) is 28.5. The predicted molar refractivity (Wildman–Crippen MR) is 85.2 cm³/mol. The van der Waals surface area contributed by atoms with Gasteiger partial charge in [-0.3, -0.25) is 9.59 Å². The van der Waals surface area contributed by atoms with Crippen molar-refractivity contribution in [3.8, 4) is 0 Å². The minimum atomic E-state index is -0.122. The van der Waals surface area contributed by atoms with Gasteiger partial charge >= 0.3 is 0 Å². The first kappa shape index (κ1) is 15.3. The molecule has 0 fully saturated rings. The number of carbonyl (C=O) groups is 1. The van der Waals surface area contributed by atoms with Crippen molar-refractivity contribution in [1.82, 2.24) is 9.88 Å². The van der Waals surface area contributed by atoms with Gasteiger partial charge in [-0.1, -0.05) is 26.0 Å². The molecule has 0 unspecified atom stereocenters. The molecule has 2 rings (SSSR count). The standard InChI is InChI=1S/C17H22N2O2/c1-11(2)9-19(13(4)20)10-15-8-14-6-5-12(3)7-16(14)18-17(15)21/h5-8,11H,9-10H2,1-4H3,(H,18,21). The topological polar surface area (TPSA) is 53.2 Å². The minimum Gasteiger partial charge on any atom is -0.338 e. The largest absolute Gasteiger partial charge is 0.338 e. The van der Waals surface area contributed by atoms with Gasteiger partial charge in [-0.05, 0) is 35.9 Å². The van der Waals surface area contributed by atoms with Crippen molar-refractivity contribution in [3.05, 3.63) is 45.7 Å². The second-order valence-corrected chi connectivity index (χ2v) is 6.01. The van der Waals surface area contributed by atoms with Crippen molar-refractivity contribution in [1.29, 1.82) is 0 Å². The molecule has 1 aromatic carbocycles. The molecule has 4 heteroatoms. The van der Waals surface area contributed by atoms with Crippen LogP contribution in [0.1, 0.15) is 31.9 Å². The Kier molecular flexibility index (Phi) is 4.46. The van der Waals surface area contributed by atoms with E-state index in [2.05, 4.69) is 18.8 Å². The van der Waals surface area contributed by atoms with Crippen molar-refractivity contribution in [2.75, 3.05) is 6.54 Å². The fraction of sp³-hybridized carbons (Fsp3) is 0.412. The molecular formula is C17H22N2O2. The van der Waals surface area contributed by atoms with Gasteiger partial charge in [0.25, 0.3) is 5.56 Å². The highest BCUT2D eigenvalue weighted by Crippen LogP contribution is 2.14. The molecule has 21 heavy (non-hydrogen) atoms. The summed E-state index contributed by atoms with van der Waals surface area (Å²) in [5.41, 5.74) is 2.45. The van der Waals surface area contributed by atoms with Gasteiger partial charge in [0.1, 0.15) is 0 Å². The SMILES string of the molecule is CC(=O)N(Cc1cc2ccc(C)cc2[nH]c1=O)CC(C)C. The Balaban J connectivity index is 2.37. The Hall–Kier alpha value is -2.10. The lowest BCUT2D eigenvalue weighted by molar-refractivity contribution is -0.130. The Morgan fingerprint density at radius 1 is 1.29 bits per heavy atom. The first-order valence-electron chi connectivity index (χ1n) is 7.25. The van der Waals surface area contributed by atoms with Crippen LogP contribution < -0.4 is 5.56 Å². The summed E-state index contributed by atoms with van der Waals surface area (Å²) in [7, 11) is 0. The van der Waals surface area contributed by atoms with Gasteiger partial charge in [0.2, 0.25) is 5.91 Å². The maximum atomic E-state index is 12.2. The molecule has 1 N–H and O–H groups in total. The average Bonchev–Trinajstić information content (AvgIpc) is 2.38. The van der Waals surface area contributed by atoms with E-state index in [1.807, 2.05) is 31.2 Å². The molecular weight excluding hydrogens is 264 g/mol. The monoisotopic (exact) mass is 286 g/mol. The van der Waals surface area contributed by atoms with Crippen LogP contribution in [0.3, 0.4) is 0 Å². The molecule has 2 aromatic rings. The summed E-state index contributed by atoms with van der Waals surface area (Å²) in [6, 6.07) is 7.84. The summed E-state index contributed by atoms with van der Waals surface area (Å²) in [6.45, 7) is 8.66. The summed E-state index contributed by atoms with van der Waals surface area (Å²) in [5.74, 6) is 0.364. The number of nitrogens with zero attached hydrogens (tertiary/aromatic N) is 1. The van der Waals surface area contributed by atoms with E-state index in [9.17, 15) is 9.59 Å². The molecule has 1 amide bonds.